The maximum absolute atomic E-state index is 11.6. The van der Waals surface area contributed by atoms with Crippen molar-refractivity contribution < 1.29 is 19.1 Å². The van der Waals surface area contributed by atoms with Crippen molar-refractivity contribution in [2.75, 3.05) is 19.7 Å². The number of carbonyl (C=O) groups excluding carboxylic acids is 1. The minimum atomic E-state index is -0.363. The van der Waals surface area contributed by atoms with Crippen LogP contribution < -0.4 is 11.3 Å². The molecule has 0 spiro atoms. The number of morpholine rings is 1. The zero-order valence-electron chi connectivity index (χ0n) is 12.7. The first-order chi connectivity index (χ1) is 9.84. The van der Waals surface area contributed by atoms with E-state index in [0.29, 0.717) is 30.2 Å². The summed E-state index contributed by atoms with van der Waals surface area (Å²) in [7, 11) is 0. The molecule has 1 amide bonds. The van der Waals surface area contributed by atoms with Crippen LogP contribution >= 0.6 is 0 Å². The SMILES string of the molecule is Cc1oc(CN2CC(CO)OC(C)(C)C2)cc1C(=O)NN. The van der Waals surface area contributed by atoms with Gasteiger partial charge in [0, 0.05) is 13.1 Å². The molecule has 1 aliphatic heterocycles. The molecule has 0 aromatic carbocycles. The number of aliphatic hydroxyl groups is 1. The first-order valence-electron chi connectivity index (χ1n) is 6.96. The van der Waals surface area contributed by atoms with Crippen LogP contribution in [0.25, 0.3) is 0 Å². The number of hydrogen-bond donors (Lipinski definition) is 3. The zero-order valence-corrected chi connectivity index (χ0v) is 12.7. The number of furan rings is 1. The van der Waals surface area contributed by atoms with Crippen LogP contribution in [0.2, 0.25) is 0 Å². The Morgan fingerprint density at radius 1 is 1.62 bits per heavy atom. The maximum atomic E-state index is 11.6. The number of hydrogen-bond acceptors (Lipinski definition) is 6. The molecular weight excluding hydrogens is 274 g/mol. The Bertz CT molecular complexity index is 512. The van der Waals surface area contributed by atoms with Crippen LogP contribution in [-0.4, -0.2) is 47.3 Å². The maximum Gasteiger partial charge on any atom is 0.268 e. The van der Waals surface area contributed by atoms with Gasteiger partial charge in [0.2, 0.25) is 0 Å². The molecule has 21 heavy (non-hydrogen) atoms. The molecule has 1 atom stereocenters. The summed E-state index contributed by atoms with van der Waals surface area (Å²) >= 11 is 0. The molecule has 7 heteroatoms. The predicted octanol–water partition coefficient (Wildman–Crippen LogP) is 0.163. The van der Waals surface area contributed by atoms with Crippen LogP contribution in [0, 0.1) is 6.92 Å². The molecule has 0 radical (unpaired) electrons. The largest absolute Gasteiger partial charge is 0.464 e. The average molecular weight is 297 g/mol. The fraction of sp³-hybridized carbons (Fsp3) is 0.643. The number of nitrogens with zero attached hydrogens (tertiary/aromatic N) is 1. The van der Waals surface area contributed by atoms with E-state index in [0.717, 1.165) is 6.54 Å². The van der Waals surface area contributed by atoms with E-state index in [4.69, 9.17) is 15.0 Å². The third-order valence-electron chi connectivity index (χ3n) is 3.48. The number of nitrogens with two attached hydrogens (primary N) is 1. The van der Waals surface area contributed by atoms with Crippen LogP contribution in [0.3, 0.4) is 0 Å². The van der Waals surface area contributed by atoms with E-state index in [1.807, 2.05) is 13.8 Å². The number of aryl methyl sites for hydroxylation is 1. The molecule has 0 aliphatic carbocycles. The summed E-state index contributed by atoms with van der Waals surface area (Å²) in [4.78, 5) is 13.7. The van der Waals surface area contributed by atoms with Gasteiger partial charge in [0.25, 0.3) is 5.91 Å². The summed E-state index contributed by atoms with van der Waals surface area (Å²) in [5, 5.41) is 9.32. The van der Waals surface area contributed by atoms with Gasteiger partial charge in [-0.15, -0.1) is 0 Å². The van der Waals surface area contributed by atoms with Crippen LogP contribution in [0.15, 0.2) is 10.5 Å². The lowest BCUT2D eigenvalue weighted by Gasteiger charge is -2.42. The zero-order chi connectivity index (χ0) is 15.6. The van der Waals surface area contributed by atoms with Gasteiger partial charge in [0.1, 0.15) is 11.5 Å². The summed E-state index contributed by atoms with van der Waals surface area (Å²) in [6, 6.07) is 1.70. The second-order valence-corrected chi connectivity index (χ2v) is 6.01. The summed E-state index contributed by atoms with van der Waals surface area (Å²) in [5.74, 6) is 6.02. The molecule has 7 nitrogen and oxygen atoms in total. The number of carbonyl (C=O) groups is 1. The van der Waals surface area contributed by atoms with Crippen molar-refractivity contribution >= 4 is 5.91 Å². The highest BCUT2D eigenvalue weighted by Crippen LogP contribution is 2.24. The van der Waals surface area contributed by atoms with Crippen molar-refractivity contribution in [1.29, 1.82) is 0 Å². The standard InChI is InChI=1S/C14H23N3O4/c1-9-12(13(19)16-15)4-10(20-9)5-17-6-11(7-18)21-14(2,3)8-17/h4,11,18H,5-8,15H2,1-3H3,(H,16,19). The van der Waals surface area contributed by atoms with E-state index in [1.54, 1.807) is 13.0 Å². The highest BCUT2D eigenvalue weighted by Gasteiger charge is 2.33. The summed E-state index contributed by atoms with van der Waals surface area (Å²) in [6.45, 7) is 7.60. The molecule has 1 aromatic rings. The summed E-state index contributed by atoms with van der Waals surface area (Å²) in [6.07, 6.45) is -0.211. The fourth-order valence-corrected chi connectivity index (χ4v) is 2.78. The Balaban J connectivity index is 2.09. The number of ether oxygens (including phenoxy) is 1. The minimum absolute atomic E-state index is 0.0159. The number of rotatable bonds is 4. The minimum Gasteiger partial charge on any atom is -0.464 e. The topological polar surface area (TPSA) is 101 Å². The first kappa shape index (κ1) is 16.0. The molecule has 2 heterocycles. The molecule has 2 rings (SSSR count). The molecule has 0 saturated carbocycles. The Morgan fingerprint density at radius 2 is 2.33 bits per heavy atom. The van der Waals surface area contributed by atoms with Crippen molar-refractivity contribution in [1.82, 2.24) is 10.3 Å². The van der Waals surface area contributed by atoms with Crippen molar-refractivity contribution in [2.24, 2.45) is 5.84 Å². The Labute approximate surface area is 124 Å². The molecule has 1 unspecified atom stereocenters. The lowest BCUT2D eigenvalue weighted by atomic mass is 10.1. The van der Waals surface area contributed by atoms with Crippen LogP contribution in [-0.2, 0) is 11.3 Å². The molecule has 118 valence electrons. The molecule has 0 bridgehead atoms. The Kier molecular flexibility index (Phi) is 4.67. The average Bonchev–Trinajstić information content (AvgIpc) is 2.76. The van der Waals surface area contributed by atoms with E-state index < -0.39 is 0 Å². The molecular formula is C14H23N3O4. The van der Waals surface area contributed by atoms with Crippen LogP contribution in [0.5, 0.6) is 0 Å². The highest BCUT2D eigenvalue weighted by molar-refractivity contribution is 5.94. The monoisotopic (exact) mass is 297 g/mol. The first-order valence-corrected chi connectivity index (χ1v) is 6.96. The number of amides is 1. The molecule has 4 N–H and O–H groups in total. The van der Waals surface area contributed by atoms with Gasteiger partial charge in [-0.1, -0.05) is 0 Å². The predicted molar refractivity (Wildman–Crippen MR) is 76.4 cm³/mol. The van der Waals surface area contributed by atoms with Gasteiger partial charge < -0.3 is 14.3 Å². The van der Waals surface area contributed by atoms with Crippen molar-refractivity contribution in [2.45, 2.75) is 39.0 Å². The molecule has 1 saturated heterocycles. The number of hydrazine groups is 1. The molecule has 1 fully saturated rings. The highest BCUT2D eigenvalue weighted by atomic mass is 16.5. The second-order valence-electron chi connectivity index (χ2n) is 6.01. The second kappa shape index (κ2) is 6.15. The van der Waals surface area contributed by atoms with Gasteiger partial charge in [-0.05, 0) is 26.8 Å². The third-order valence-corrected chi connectivity index (χ3v) is 3.48. The lowest BCUT2D eigenvalue weighted by molar-refractivity contribution is -0.151. The Hall–Kier alpha value is -1.41. The third kappa shape index (κ3) is 3.82. The van der Waals surface area contributed by atoms with Crippen molar-refractivity contribution in [3.8, 4) is 0 Å². The Morgan fingerprint density at radius 3 is 2.95 bits per heavy atom. The van der Waals surface area contributed by atoms with E-state index in [9.17, 15) is 9.90 Å². The number of nitrogen functional groups attached to an aromatic ring is 1. The van der Waals surface area contributed by atoms with E-state index in [-0.39, 0.29) is 24.2 Å². The smallest absolute Gasteiger partial charge is 0.268 e. The quantitative estimate of drug-likeness (QED) is 0.416. The number of nitrogens with one attached hydrogen (secondary N) is 1. The van der Waals surface area contributed by atoms with Crippen molar-refractivity contribution in [3.63, 3.8) is 0 Å². The van der Waals surface area contributed by atoms with Crippen LogP contribution in [0.1, 0.15) is 35.7 Å². The molecule has 1 aliphatic rings. The summed E-state index contributed by atoms with van der Waals surface area (Å²) < 4.78 is 11.4. The summed E-state index contributed by atoms with van der Waals surface area (Å²) in [5.41, 5.74) is 2.22. The fourth-order valence-electron chi connectivity index (χ4n) is 2.78. The van der Waals surface area contributed by atoms with Gasteiger partial charge in [0.15, 0.2) is 0 Å². The van der Waals surface area contributed by atoms with E-state index >= 15 is 0 Å². The van der Waals surface area contributed by atoms with Gasteiger partial charge in [-0.3, -0.25) is 15.1 Å². The van der Waals surface area contributed by atoms with Crippen LogP contribution in [0.4, 0.5) is 0 Å². The van der Waals surface area contributed by atoms with Gasteiger partial charge in [-0.25, -0.2) is 5.84 Å². The van der Waals surface area contributed by atoms with Gasteiger partial charge in [0.05, 0.1) is 30.4 Å². The van der Waals surface area contributed by atoms with Gasteiger partial charge >= 0.3 is 0 Å². The van der Waals surface area contributed by atoms with Crippen molar-refractivity contribution in [3.05, 3.63) is 23.2 Å². The number of aliphatic hydroxyl groups excluding tert-OH is 1. The van der Waals surface area contributed by atoms with Gasteiger partial charge in [-0.2, -0.15) is 0 Å². The molecule has 1 aromatic heterocycles. The van der Waals surface area contributed by atoms with E-state index in [1.165, 1.54) is 0 Å². The van der Waals surface area contributed by atoms with E-state index in [2.05, 4.69) is 10.3 Å². The normalized spacial score (nSPS) is 22.2. The lowest BCUT2D eigenvalue weighted by Crippen LogP contribution is -2.53.